The predicted molar refractivity (Wildman–Crippen MR) is 90.7 cm³/mol. The number of likely N-dealkylation sites (tertiary alicyclic amines) is 1. The van der Waals surface area contributed by atoms with Gasteiger partial charge >= 0.3 is 0 Å². The molecule has 1 saturated heterocycles. The maximum Gasteiger partial charge on any atom is 0.107 e. The first-order valence-corrected chi connectivity index (χ1v) is 8.99. The first kappa shape index (κ1) is 14.7. The molecule has 0 spiro atoms. The SMILES string of the molecule is CCCc1ccc(-c2csc(CN3CCCCC3)n2)cc1. The Hall–Kier alpha value is -1.19. The Morgan fingerprint density at radius 1 is 1.10 bits per heavy atom. The minimum absolute atomic E-state index is 1.03. The fraction of sp³-hybridized carbons (Fsp3) is 0.500. The van der Waals surface area contributed by atoms with Crippen LogP contribution < -0.4 is 0 Å². The van der Waals surface area contributed by atoms with E-state index in [-0.39, 0.29) is 0 Å². The van der Waals surface area contributed by atoms with Crippen LogP contribution >= 0.6 is 11.3 Å². The van der Waals surface area contributed by atoms with Crippen LogP contribution in [0.4, 0.5) is 0 Å². The third-order valence-electron chi connectivity index (χ3n) is 4.15. The summed E-state index contributed by atoms with van der Waals surface area (Å²) in [5.74, 6) is 0. The second-order valence-corrected chi connectivity index (χ2v) is 6.85. The van der Waals surface area contributed by atoms with Crippen molar-refractivity contribution in [3.63, 3.8) is 0 Å². The van der Waals surface area contributed by atoms with Crippen LogP contribution in [0.25, 0.3) is 11.3 Å². The van der Waals surface area contributed by atoms with Crippen molar-refractivity contribution < 1.29 is 0 Å². The molecule has 0 N–H and O–H groups in total. The van der Waals surface area contributed by atoms with Crippen LogP contribution in [0.15, 0.2) is 29.6 Å². The van der Waals surface area contributed by atoms with Gasteiger partial charge in [-0.15, -0.1) is 11.3 Å². The van der Waals surface area contributed by atoms with Crippen LogP contribution in [0.1, 0.15) is 43.2 Å². The molecular formula is C18H24N2S. The zero-order valence-corrected chi connectivity index (χ0v) is 13.7. The second-order valence-electron chi connectivity index (χ2n) is 5.91. The first-order valence-electron chi connectivity index (χ1n) is 8.11. The van der Waals surface area contributed by atoms with Gasteiger partial charge in [0.2, 0.25) is 0 Å². The number of thiazole rings is 1. The van der Waals surface area contributed by atoms with Crippen molar-refractivity contribution in [1.82, 2.24) is 9.88 Å². The largest absolute Gasteiger partial charge is 0.297 e. The van der Waals surface area contributed by atoms with E-state index >= 15 is 0 Å². The molecule has 21 heavy (non-hydrogen) atoms. The van der Waals surface area contributed by atoms with Gasteiger partial charge in [-0.3, -0.25) is 4.90 Å². The van der Waals surface area contributed by atoms with Gasteiger partial charge in [-0.1, -0.05) is 44.0 Å². The first-order chi connectivity index (χ1) is 10.3. The van der Waals surface area contributed by atoms with Gasteiger partial charge in [0, 0.05) is 10.9 Å². The van der Waals surface area contributed by atoms with E-state index in [1.165, 1.54) is 54.9 Å². The molecular weight excluding hydrogens is 276 g/mol. The maximum absolute atomic E-state index is 4.83. The van der Waals surface area contributed by atoms with E-state index in [9.17, 15) is 0 Å². The Morgan fingerprint density at radius 3 is 2.57 bits per heavy atom. The molecule has 1 aromatic heterocycles. The third-order valence-corrected chi connectivity index (χ3v) is 4.98. The number of rotatable bonds is 5. The van der Waals surface area contributed by atoms with Crippen molar-refractivity contribution in [2.24, 2.45) is 0 Å². The molecule has 1 aliphatic rings. The van der Waals surface area contributed by atoms with E-state index < -0.39 is 0 Å². The lowest BCUT2D eigenvalue weighted by molar-refractivity contribution is 0.220. The zero-order chi connectivity index (χ0) is 14.5. The molecule has 1 fully saturated rings. The molecule has 0 radical (unpaired) electrons. The average Bonchev–Trinajstić information content (AvgIpc) is 2.98. The van der Waals surface area contributed by atoms with Gasteiger partial charge in [0.15, 0.2) is 0 Å². The molecule has 112 valence electrons. The van der Waals surface area contributed by atoms with E-state index in [2.05, 4.69) is 41.5 Å². The Kier molecular flexibility index (Phi) is 5.04. The standard InChI is InChI=1S/C18H24N2S/c1-2-6-15-7-9-16(10-8-15)17-14-21-18(19-17)13-20-11-4-3-5-12-20/h7-10,14H,2-6,11-13H2,1H3. The van der Waals surface area contributed by atoms with Crippen molar-refractivity contribution in [3.8, 4) is 11.3 Å². The van der Waals surface area contributed by atoms with Gasteiger partial charge in [0.1, 0.15) is 5.01 Å². The van der Waals surface area contributed by atoms with Crippen molar-refractivity contribution >= 4 is 11.3 Å². The topological polar surface area (TPSA) is 16.1 Å². The van der Waals surface area contributed by atoms with Crippen LogP contribution in [-0.2, 0) is 13.0 Å². The minimum atomic E-state index is 1.03. The van der Waals surface area contributed by atoms with Crippen LogP contribution in [0.3, 0.4) is 0 Å². The summed E-state index contributed by atoms with van der Waals surface area (Å²) in [4.78, 5) is 7.37. The molecule has 0 unspecified atom stereocenters. The molecule has 0 amide bonds. The van der Waals surface area contributed by atoms with E-state index in [4.69, 9.17) is 4.98 Å². The summed E-state index contributed by atoms with van der Waals surface area (Å²) in [5.41, 5.74) is 3.80. The van der Waals surface area contributed by atoms with E-state index in [1.807, 2.05) is 0 Å². The lowest BCUT2D eigenvalue weighted by Crippen LogP contribution is -2.28. The molecule has 1 aromatic carbocycles. The van der Waals surface area contributed by atoms with Crippen molar-refractivity contribution in [2.75, 3.05) is 13.1 Å². The van der Waals surface area contributed by atoms with Gasteiger partial charge in [-0.2, -0.15) is 0 Å². The molecule has 1 aliphatic heterocycles. The number of benzene rings is 1. The Morgan fingerprint density at radius 2 is 1.86 bits per heavy atom. The highest BCUT2D eigenvalue weighted by atomic mass is 32.1. The Balaban J connectivity index is 1.66. The van der Waals surface area contributed by atoms with Gasteiger partial charge in [0.25, 0.3) is 0 Å². The summed E-state index contributed by atoms with van der Waals surface area (Å²) in [6.45, 7) is 5.72. The van der Waals surface area contributed by atoms with E-state index in [0.717, 1.165) is 18.7 Å². The van der Waals surface area contributed by atoms with Crippen molar-refractivity contribution in [1.29, 1.82) is 0 Å². The molecule has 2 heterocycles. The quantitative estimate of drug-likeness (QED) is 0.792. The number of piperidine rings is 1. The smallest absolute Gasteiger partial charge is 0.107 e. The van der Waals surface area contributed by atoms with Crippen LogP contribution in [0.5, 0.6) is 0 Å². The molecule has 0 aliphatic carbocycles. The number of aromatic nitrogens is 1. The molecule has 3 rings (SSSR count). The Bertz CT molecular complexity index is 553. The monoisotopic (exact) mass is 300 g/mol. The number of hydrogen-bond acceptors (Lipinski definition) is 3. The van der Waals surface area contributed by atoms with Crippen molar-refractivity contribution in [2.45, 2.75) is 45.6 Å². The van der Waals surface area contributed by atoms with Gasteiger partial charge in [-0.25, -0.2) is 4.98 Å². The summed E-state index contributed by atoms with van der Waals surface area (Å²) in [6, 6.07) is 8.90. The van der Waals surface area contributed by atoms with Crippen molar-refractivity contribution in [3.05, 3.63) is 40.2 Å². The predicted octanol–water partition coefficient (Wildman–Crippen LogP) is 4.75. The molecule has 0 saturated carbocycles. The van der Waals surface area contributed by atoms with Crippen LogP contribution in [0, 0.1) is 0 Å². The number of aryl methyl sites for hydroxylation is 1. The highest BCUT2D eigenvalue weighted by molar-refractivity contribution is 7.09. The molecule has 0 bridgehead atoms. The molecule has 2 aromatic rings. The number of nitrogens with zero attached hydrogens (tertiary/aromatic N) is 2. The normalized spacial score (nSPS) is 16.2. The van der Waals surface area contributed by atoms with Gasteiger partial charge in [0.05, 0.1) is 12.2 Å². The lowest BCUT2D eigenvalue weighted by atomic mass is 10.1. The molecule has 3 heteroatoms. The third kappa shape index (κ3) is 3.92. The zero-order valence-electron chi connectivity index (χ0n) is 12.8. The van der Waals surface area contributed by atoms with E-state index in [1.54, 1.807) is 11.3 Å². The van der Waals surface area contributed by atoms with Crippen LogP contribution in [0.2, 0.25) is 0 Å². The minimum Gasteiger partial charge on any atom is -0.297 e. The van der Waals surface area contributed by atoms with E-state index in [0.29, 0.717) is 0 Å². The van der Waals surface area contributed by atoms with Gasteiger partial charge in [-0.05, 0) is 37.9 Å². The molecule has 0 atom stereocenters. The number of hydrogen-bond donors (Lipinski definition) is 0. The summed E-state index contributed by atoms with van der Waals surface area (Å²) in [7, 11) is 0. The lowest BCUT2D eigenvalue weighted by Gasteiger charge is -2.25. The Labute approximate surface area is 131 Å². The summed E-state index contributed by atoms with van der Waals surface area (Å²) < 4.78 is 0. The average molecular weight is 300 g/mol. The fourth-order valence-corrected chi connectivity index (χ4v) is 3.80. The molecule has 2 nitrogen and oxygen atoms in total. The van der Waals surface area contributed by atoms with Crippen LogP contribution in [-0.4, -0.2) is 23.0 Å². The fourth-order valence-electron chi connectivity index (χ4n) is 2.96. The summed E-state index contributed by atoms with van der Waals surface area (Å²) >= 11 is 1.80. The summed E-state index contributed by atoms with van der Waals surface area (Å²) in [6.07, 6.45) is 6.45. The summed E-state index contributed by atoms with van der Waals surface area (Å²) in [5, 5.41) is 3.46. The second kappa shape index (κ2) is 7.19. The maximum atomic E-state index is 4.83. The van der Waals surface area contributed by atoms with Gasteiger partial charge < -0.3 is 0 Å². The highest BCUT2D eigenvalue weighted by Gasteiger charge is 2.13. The highest BCUT2D eigenvalue weighted by Crippen LogP contribution is 2.24.